The molecule has 1 aromatic heterocycles. The number of aryl methyl sites for hydroxylation is 1. The standard InChI is InChI=1S/C17H22O4/c1-5-20-17(14(4)10-16(18)21-17)7-6-12(2)8-15-9-13(3)11-19-15/h6,9-11H,5,7-8H2,1-4H3/t17-/m0/s1. The highest BCUT2D eigenvalue weighted by Crippen LogP contribution is 2.33. The van der Waals surface area contributed by atoms with Gasteiger partial charge in [-0.2, -0.15) is 0 Å². The number of hydrogen-bond acceptors (Lipinski definition) is 4. The van der Waals surface area contributed by atoms with Crippen LogP contribution in [0.15, 0.2) is 40.0 Å². The molecule has 0 aliphatic carbocycles. The van der Waals surface area contributed by atoms with E-state index in [0.29, 0.717) is 13.0 Å². The van der Waals surface area contributed by atoms with E-state index in [9.17, 15) is 4.79 Å². The van der Waals surface area contributed by atoms with Crippen LogP contribution in [-0.4, -0.2) is 18.4 Å². The third kappa shape index (κ3) is 3.64. The number of furan rings is 1. The molecule has 21 heavy (non-hydrogen) atoms. The molecule has 0 saturated carbocycles. The van der Waals surface area contributed by atoms with Crippen molar-refractivity contribution >= 4 is 5.97 Å². The minimum Gasteiger partial charge on any atom is -0.469 e. The molecule has 0 radical (unpaired) electrons. The first-order valence-electron chi connectivity index (χ1n) is 7.20. The second kappa shape index (κ2) is 6.31. The number of allylic oxidation sites excluding steroid dienone is 1. The summed E-state index contributed by atoms with van der Waals surface area (Å²) in [6.07, 6.45) is 6.54. The van der Waals surface area contributed by atoms with Crippen molar-refractivity contribution in [2.75, 3.05) is 6.61 Å². The van der Waals surface area contributed by atoms with E-state index in [1.807, 2.05) is 39.8 Å². The maximum Gasteiger partial charge on any atom is 0.333 e. The van der Waals surface area contributed by atoms with Crippen molar-refractivity contribution in [2.24, 2.45) is 0 Å². The Labute approximate surface area is 125 Å². The Bertz CT molecular complexity index is 579. The molecule has 0 bridgehead atoms. The lowest BCUT2D eigenvalue weighted by atomic mass is 10.0. The number of esters is 1. The van der Waals surface area contributed by atoms with Gasteiger partial charge in [0.2, 0.25) is 5.79 Å². The Balaban J connectivity index is 2.06. The topological polar surface area (TPSA) is 48.7 Å². The van der Waals surface area contributed by atoms with E-state index < -0.39 is 5.79 Å². The average molecular weight is 290 g/mol. The SMILES string of the molecule is CCO[C@@]1(CC=C(C)Cc2cc(C)co2)OC(=O)C=C1C. The molecule has 4 heteroatoms. The van der Waals surface area contributed by atoms with Gasteiger partial charge in [0.1, 0.15) is 5.76 Å². The predicted octanol–water partition coefficient (Wildman–Crippen LogP) is 3.70. The molecule has 0 N–H and O–H groups in total. The van der Waals surface area contributed by atoms with Gasteiger partial charge in [0.05, 0.1) is 6.26 Å². The zero-order valence-corrected chi connectivity index (χ0v) is 13.1. The van der Waals surface area contributed by atoms with E-state index in [2.05, 4.69) is 0 Å². The first-order valence-corrected chi connectivity index (χ1v) is 7.20. The predicted molar refractivity (Wildman–Crippen MR) is 79.7 cm³/mol. The number of carbonyl (C=O) groups is 1. The number of ether oxygens (including phenoxy) is 2. The first-order chi connectivity index (χ1) is 9.95. The molecule has 2 rings (SSSR count). The van der Waals surface area contributed by atoms with Gasteiger partial charge in [0.15, 0.2) is 0 Å². The Morgan fingerprint density at radius 3 is 2.71 bits per heavy atom. The van der Waals surface area contributed by atoms with Gasteiger partial charge in [-0.1, -0.05) is 11.6 Å². The molecule has 0 spiro atoms. The number of rotatable bonds is 6. The third-order valence-corrected chi connectivity index (χ3v) is 3.54. The minimum atomic E-state index is -0.938. The van der Waals surface area contributed by atoms with E-state index in [4.69, 9.17) is 13.9 Å². The molecule has 1 aromatic rings. The zero-order valence-electron chi connectivity index (χ0n) is 13.1. The lowest BCUT2D eigenvalue weighted by molar-refractivity contribution is -0.198. The fourth-order valence-corrected chi connectivity index (χ4v) is 2.44. The highest BCUT2D eigenvalue weighted by Gasteiger charge is 2.40. The van der Waals surface area contributed by atoms with Gasteiger partial charge in [-0.3, -0.25) is 0 Å². The van der Waals surface area contributed by atoms with Crippen LogP contribution in [0.4, 0.5) is 0 Å². The second-order valence-electron chi connectivity index (χ2n) is 5.46. The van der Waals surface area contributed by atoms with Crippen LogP contribution in [0.3, 0.4) is 0 Å². The van der Waals surface area contributed by atoms with E-state index in [1.165, 1.54) is 6.08 Å². The van der Waals surface area contributed by atoms with Crippen LogP contribution in [0.2, 0.25) is 0 Å². The Morgan fingerprint density at radius 1 is 1.43 bits per heavy atom. The zero-order chi connectivity index (χ0) is 15.5. The summed E-state index contributed by atoms with van der Waals surface area (Å²) >= 11 is 0. The van der Waals surface area contributed by atoms with Crippen LogP contribution in [0.5, 0.6) is 0 Å². The Morgan fingerprint density at radius 2 is 2.19 bits per heavy atom. The molecule has 114 valence electrons. The van der Waals surface area contributed by atoms with Gasteiger partial charge in [0, 0.05) is 31.1 Å². The lowest BCUT2D eigenvalue weighted by Crippen LogP contribution is -2.34. The van der Waals surface area contributed by atoms with Crippen molar-refractivity contribution in [2.45, 2.75) is 46.3 Å². The highest BCUT2D eigenvalue weighted by atomic mass is 16.7. The molecule has 4 nitrogen and oxygen atoms in total. The number of cyclic esters (lactones) is 1. The van der Waals surface area contributed by atoms with Crippen LogP contribution in [0.1, 0.15) is 38.5 Å². The minimum absolute atomic E-state index is 0.339. The summed E-state index contributed by atoms with van der Waals surface area (Å²) in [5, 5.41) is 0. The number of hydrogen-bond donors (Lipinski definition) is 0. The summed E-state index contributed by atoms with van der Waals surface area (Å²) < 4.78 is 16.5. The van der Waals surface area contributed by atoms with E-state index in [-0.39, 0.29) is 5.97 Å². The maximum atomic E-state index is 11.5. The second-order valence-corrected chi connectivity index (χ2v) is 5.46. The van der Waals surface area contributed by atoms with Crippen LogP contribution in [-0.2, 0) is 20.7 Å². The largest absolute Gasteiger partial charge is 0.469 e. The summed E-state index contributed by atoms with van der Waals surface area (Å²) in [5.41, 5.74) is 3.08. The smallest absolute Gasteiger partial charge is 0.333 e. The van der Waals surface area contributed by atoms with E-state index in [1.54, 1.807) is 6.26 Å². The molecular weight excluding hydrogens is 268 g/mol. The number of carbonyl (C=O) groups excluding carboxylic acids is 1. The summed E-state index contributed by atoms with van der Waals surface area (Å²) in [5.74, 6) is -0.345. The van der Waals surface area contributed by atoms with Gasteiger partial charge in [-0.25, -0.2) is 4.79 Å². The van der Waals surface area contributed by atoms with Crippen molar-refractivity contribution < 1.29 is 18.7 Å². The molecule has 0 amide bonds. The summed E-state index contributed by atoms with van der Waals surface area (Å²) in [4.78, 5) is 11.5. The molecule has 2 heterocycles. The molecule has 0 unspecified atom stereocenters. The van der Waals surface area contributed by atoms with Crippen LogP contribution < -0.4 is 0 Å². The van der Waals surface area contributed by atoms with Gasteiger partial charge in [-0.05, 0) is 39.3 Å². The average Bonchev–Trinajstić information content (AvgIpc) is 2.92. The van der Waals surface area contributed by atoms with Crippen molar-refractivity contribution in [3.05, 3.63) is 47.0 Å². The monoisotopic (exact) mass is 290 g/mol. The molecule has 1 atom stereocenters. The van der Waals surface area contributed by atoms with Crippen LogP contribution in [0, 0.1) is 6.92 Å². The molecule has 1 aliphatic rings. The molecule has 0 saturated heterocycles. The molecular formula is C17H22O4. The van der Waals surface area contributed by atoms with Crippen molar-refractivity contribution in [3.63, 3.8) is 0 Å². The Hall–Kier alpha value is -1.81. The quantitative estimate of drug-likeness (QED) is 0.592. The van der Waals surface area contributed by atoms with Crippen LogP contribution in [0.25, 0.3) is 0 Å². The van der Waals surface area contributed by atoms with E-state index in [0.717, 1.165) is 28.9 Å². The van der Waals surface area contributed by atoms with E-state index >= 15 is 0 Å². The highest BCUT2D eigenvalue weighted by molar-refractivity contribution is 5.86. The van der Waals surface area contributed by atoms with Crippen molar-refractivity contribution in [1.29, 1.82) is 0 Å². The fraction of sp³-hybridized carbons (Fsp3) is 0.471. The summed E-state index contributed by atoms with van der Waals surface area (Å²) in [6.45, 7) is 8.28. The summed E-state index contributed by atoms with van der Waals surface area (Å²) in [7, 11) is 0. The van der Waals surface area contributed by atoms with Gasteiger partial charge in [-0.15, -0.1) is 0 Å². The van der Waals surface area contributed by atoms with Gasteiger partial charge >= 0.3 is 5.97 Å². The van der Waals surface area contributed by atoms with Crippen molar-refractivity contribution in [3.8, 4) is 0 Å². The first kappa shape index (κ1) is 15.6. The fourth-order valence-electron chi connectivity index (χ4n) is 2.44. The third-order valence-electron chi connectivity index (χ3n) is 3.54. The normalized spacial score (nSPS) is 22.4. The Kier molecular flexibility index (Phi) is 4.68. The van der Waals surface area contributed by atoms with Gasteiger partial charge < -0.3 is 13.9 Å². The molecule has 0 fully saturated rings. The summed E-state index contributed by atoms with van der Waals surface area (Å²) in [6, 6.07) is 2.02. The van der Waals surface area contributed by atoms with Crippen molar-refractivity contribution in [1.82, 2.24) is 0 Å². The molecule has 0 aromatic carbocycles. The lowest BCUT2D eigenvalue weighted by Gasteiger charge is -2.28. The van der Waals surface area contributed by atoms with Crippen LogP contribution >= 0.6 is 0 Å². The van der Waals surface area contributed by atoms with Gasteiger partial charge in [0.25, 0.3) is 0 Å². The molecule has 1 aliphatic heterocycles. The maximum absolute atomic E-state index is 11.5.